The lowest BCUT2D eigenvalue weighted by Gasteiger charge is -2.40. The predicted octanol–water partition coefficient (Wildman–Crippen LogP) is 3.08. The van der Waals surface area contributed by atoms with Crippen molar-refractivity contribution in [2.75, 3.05) is 11.4 Å². The average molecular weight is 232 g/mol. The van der Waals surface area contributed by atoms with Crippen LogP contribution in [-0.4, -0.2) is 12.6 Å². The van der Waals surface area contributed by atoms with Gasteiger partial charge in [-0.3, -0.25) is 0 Å². The molecule has 0 saturated carbocycles. The Hall–Kier alpha value is -1.02. The molecule has 2 unspecified atom stereocenters. The summed E-state index contributed by atoms with van der Waals surface area (Å²) in [4.78, 5) is 2.55. The van der Waals surface area contributed by atoms with Gasteiger partial charge in [-0.25, -0.2) is 0 Å². The standard InChI is InChI=1S/C15H24N2/c1-11-7-8-17(13(3)9-11)15-12(2)5-4-6-14(15)10-16/h4-6,11,13H,7-10,16H2,1-3H3. The van der Waals surface area contributed by atoms with Gasteiger partial charge in [0, 0.05) is 24.8 Å². The maximum atomic E-state index is 5.87. The van der Waals surface area contributed by atoms with E-state index in [-0.39, 0.29) is 0 Å². The van der Waals surface area contributed by atoms with E-state index < -0.39 is 0 Å². The number of rotatable bonds is 2. The molecule has 1 aromatic carbocycles. The molecule has 0 amide bonds. The van der Waals surface area contributed by atoms with Crippen LogP contribution in [0.25, 0.3) is 0 Å². The van der Waals surface area contributed by atoms with Gasteiger partial charge in [-0.05, 0) is 43.7 Å². The van der Waals surface area contributed by atoms with Gasteiger partial charge in [-0.2, -0.15) is 0 Å². The Kier molecular flexibility index (Phi) is 3.72. The molecule has 0 bridgehead atoms. The second kappa shape index (κ2) is 5.09. The maximum absolute atomic E-state index is 5.87. The Morgan fingerprint density at radius 2 is 2.12 bits per heavy atom. The summed E-state index contributed by atoms with van der Waals surface area (Å²) < 4.78 is 0. The van der Waals surface area contributed by atoms with Gasteiger partial charge in [0.25, 0.3) is 0 Å². The van der Waals surface area contributed by atoms with Crippen molar-refractivity contribution in [3.63, 3.8) is 0 Å². The molecule has 1 aliphatic rings. The zero-order valence-corrected chi connectivity index (χ0v) is 11.2. The van der Waals surface area contributed by atoms with E-state index in [1.807, 2.05) is 0 Å². The molecular weight excluding hydrogens is 208 g/mol. The summed E-state index contributed by atoms with van der Waals surface area (Å²) in [6, 6.07) is 7.09. The number of para-hydroxylation sites is 1. The number of benzene rings is 1. The fourth-order valence-electron chi connectivity index (χ4n) is 3.03. The van der Waals surface area contributed by atoms with Crippen molar-refractivity contribution in [3.8, 4) is 0 Å². The highest BCUT2D eigenvalue weighted by Crippen LogP contribution is 2.32. The molecule has 1 aliphatic heterocycles. The van der Waals surface area contributed by atoms with Gasteiger partial charge < -0.3 is 10.6 Å². The molecule has 2 atom stereocenters. The van der Waals surface area contributed by atoms with Crippen LogP contribution in [0.4, 0.5) is 5.69 Å². The fraction of sp³-hybridized carbons (Fsp3) is 0.600. The number of nitrogens with zero attached hydrogens (tertiary/aromatic N) is 1. The second-order valence-electron chi connectivity index (χ2n) is 5.46. The van der Waals surface area contributed by atoms with Gasteiger partial charge in [0.05, 0.1) is 0 Å². The highest BCUT2D eigenvalue weighted by atomic mass is 15.2. The van der Waals surface area contributed by atoms with Crippen molar-refractivity contribution >= 4 is 5.69 Å². The highest BCUT2D eigenvalue weighted by Gasteiger charge is 2.25. The topological polar surface area (TPSA) is 29.3 Å². The molecule has 2 rings (SSSR count). The van der Waals surface area contributed by atoms with Gasteiger partial charge in [-0.15, -0.1) is 0 Å². The third kappa shape index (κ3) is 2.47. The van der Waals surface area contributed by atoms with Crippen molar-refractivity contribution in [1.29, 1.82) is 0 Å². The Morgan fingerprint density at radius 1 is 1.35 bits per heavy atom. The average Bonchev–Trinajstić information content (AvgIpc) is 2.30. The molecule has 0 aromatic heterocycles. The Bertz CT molecular complexity index is 387. The molecule has 0 spiro atoms. The first-order chi connectivity index (χ1) is 8.13. The molecule has 2 N–H and O–H groups in total. The van der Waals surface area contributed by atoms with E-state index in [9.17, 15) is 0 Å². The van der Waals surface area contributed by atoms with E-state index >= 15 is 0 Å². The molecular formula is C15H24N2. The number of hydrogen-bond donors (Lipinski definition) is 1. The first-order valence-electron chi connectivity index (χ1n) is 6.68. The summed E-state index contributed by atoms with van der Waals surface area (Å²) in [5, 5.41) is 0. The summed E-state index contributed by atoms with van der Waals surface area (Å²) in [5.41, 5.74) is 9.90. The summed E-state index contributed by atoms with van der Waals surface area (Å²) in [5.74, 6) is 0.853. The molecule has 1 heterocycles. The minimum absolute atomic E-state index is 0.630. The first kappa shape index (κ1) is 12.4. The van der Waals surface area contributed by atoms with Crippen LogP contribution in [-0.2, 0) is 6.54 Å². The Morgan fingerprint density at radius 3 is 2.76 bits per heavy atom. The van der Waals surface area contributed by atoms with Gasteiger partial charge >= 0.3 is 0 Å². The number of aryl methyl sites for hydroxylation is 1. The van der Waals surface area contributed by atoms with Gasteiger partial charge in [-0.1, -0.05) is 25.1 Å². The third-order valence-electron chi connectivity index (χ3n) is 3.97. The van der Waals surface area contributed by atoms with Gasteiger partial charge in [0.15, 0.2) is 0 Å². The number of hydrogen-bond acceptors (Lipinski definition) is 2. The van der Waals surface area contributed by atoms with Crippen molar-refractivity contribution in [2.45, 2.75) is 46.2 Å². The second-order valence-corrected chi connectivity index (χ2v) is 5.46. The summed E-state index contributed by atoms with van der Waals surface area (Å²) in [6.07, 6.45) is 2.58. The molecule has 94 valence electrons. The summed E-state index contributed by atoms with van der Waals surface area (Å²) >= 11 is 0. The van der Waals surface area contributed by atoms with E-state index in [2.05, 4.69) is 43.9 Å². The van der Waals surface area contributed by atoms with E-state index in [4.69, 9.17) is 5.73 Å². The first-order valence-corrected chi connectivity index (χ1v) is 6.68. The molecule has 17 heavy (non-hydrogen) atoms. The Balaban J connectivity index is 2.33. The van der Waals surface area contributed by atoms with Crippen LogP contribution in [0, 0.1) is 12.8 Å². The lowest BCUT2D eigenvalue weighted by molar-refractivity contribution is 0.377. The predicted molar refractivity (Wildman–Crippen MR) is 74.3 cm³/mol. The normalized spacial score (nSPS) is 25.1. The molecule has 1 fully saturated rings. The maximum Gasteiger partial charge on any atom is 0.0443 e. The molecule has 0 radical (unpaired) electrons. The van der Waals surface area contributed by atoms with E-state index in [1.54, 1.807) is 0 Å². The minimum atomic E-state index is 0.630. The van der Waals surface area contributed by atoms with E-state index in [0.29, 0.717) is 12.6 Å². The van der Waals surface area contributed by atoms with Crippen molar-refractivity contribution in [2.24, 2.45) is 11.7 Å². The SMILES string of the molecule is Cc1cccc(CN)c1N1CCC(C)CC1C. The number of piperidine rings is 1. The van der Waals surface area contributed by atoms with Crippen LogP contribution >= 0.6 is 0 Å². The van der Waals surface area contributed by atoms with E-state index in [0.717, 1.165) is 5.92 Å². The van der Waals surface area contributed by atoms with Crippen LogP contribution in [0.3, 0.4) is 0 Å². The van der Waals surface area contributed by atoms with Crippen LogP contribution in [0.15, 0.2) is 18.2 Å². The van der Waals surface area contributed by atoms with Gasteiger partial charge in [0.2, 0.25) is 0 Å². The van der Waals surface area contributed by atoms with Crippen LogP contribution in [0.2, 0.25) is 0 Å². The fourth-order valence-corrected chi connectivity index (χ4v) is 3.03. The smallest absolute Gasteiger partial charge is 0.0443 e. The van der Waals surface area contributed by atoms with Crippen molar-refractivity contribution in [1.82, 2.24) is 0 Å². The quantitative estimate of drug-likeness (QED) is 0.849. The third-order valence-corrected chi connectivity index (χ3v) is 3.97. The monoisotopic (exact) mass is 232 g/mol. The zero-order valence-electron chi connectivity index (χ0n) is 11.2. The summed E-state index contributed by atoms with van der Waals surface area (Å²) in [6.45, 7) is 8.69. The molecule has 1 aromatic rings. The minimum Gasteiger partial charge on any atom is -0.368 e. The molecule has 2 nitrogen and oxygen atoms in total. The molecule has 2 heteroatoms. The van der Waals surface area contributed by atoms with Crippen molar-refractivity contribution < 1.29 is 0 Å². The van der Waals surface area contributed by atoms with Crippen LogP contribution < -0.4 is 10.6 Å². The Labute approximate surface area is 105 Å². The van der Waals surface area contributed by atoms with Crippen molar-refractivity contribution in [3.05, 3.63) is 29.3 Å². The zero-order chi connectivity index (χ0) is 12.4. The largest absolute Gasteiger partial charge is 0.368 e. The van der Waals surface area contributed by atoms with Crippen LogP contribution in [0.5, 0.6) is 0 Å². The highest BCUT2D eigenvalue weighted by molar-refractivity contribution is 5.60. The van der Waals surface area contributed by atoms with Gasteiger partial charge in [0.1, 0.15) is 0 Å². The van der Waals surface area contributed by atoms with Crippen LogP contribution in [0.1, 0.15) is 37.8 Å². The lowest BCUT2D eigenvalue weighted by Crippen LogP contribution is -2.41. The number of anilines is 1. The summed E-state index contributed by atoms with van der Waals surface area (Å²) in [7, 11) is 0. The molecule has 1 saturated heterocycles. The van der Waals surface area contributed by atoms with E-state index in [1.165, 1.54) is 36.2 Å². The number of nitrogens with two attached hydrogens (primary N) is 1. The lowest BCUT2D eigenvalue weighted by atomic mass is 9.91. The molecule has 0 aliphatic carbocycles.